The fourth-order valence-corrected chi connectivity index (χ4v) is 1.84. The monoisotopic (exact) mass is 172 g/mol. The van der Waals surface area contributed by atoms with Gasteiger partial charge in [-0.15, -0.1) is 0 Å². The summed E-state index contributed by atoms with van der Waals surface area (Å²) in [6.45, 7) is 2.06. The largest absolute Gasteiger partial charge is 0.399 e. The summed E-state index contributed by atoms with van der Waals surface area (Å²) in [5.74, 6) is 0. The van der Waals surface area contributed by atoms with Crippen molar-refractivity contribution in [1.29, 1.82) is 0 Å². The summed E-state index contributed by atoms with van der Waals surface area (Å²) < 4.78 is 0. The van der Waals surface area contributed by atoms with Crippen LogP contribution in [0.25, 0.3) is 0 Å². The normalized spacial score (nSPS) is 17.0. The van der Waals surface area contributed by atoms with Gasteiger partial charge in [-0.25, -0.2) is 0 Å². The van der Waals surface area contributed by atoms with Crippen LogP contribution in [0.3, 0.4) is 0 Å². The molecule has 0 fully saturated rings. The van der Waals surface area contributed by atoms with Gasteiger partial charge in [0.25, 0.3) is 0 Å². The fraction of sp³-hybridized carbons (Fsp3) is 0.400. The maximum absolute atomic E-state index is 5.91. The van der Waals surface area contributed by atoms with E-state index >= 15 is 0 Å². The lowest BCUT2D eigenvalue weighted by atomic mass is 9.83. The number of hydrogen-bond donors (Lipinski definition) is 1. The molecular weight excluding hydrogens is 159 g/mol. The van der Waals surface area contributed by atoms with Crippen LogP contribution in [0.5, 0.6) is 0 Å². The molecule has 0 aromatic heterocycles. The summed E-state index contributed by atoms with van der Waals surface area (Å²) >= 11 is 0. The lowest BCUT2D eigenvalue weighted by Crippen LogP contribution is -2.31. The summed E-state index contributed by atoms with van der Waals surface area (Å²) in [7, 11) is 8.03. The standard InChI is InChI=1S/C10H13BN2/c1-13-5-4-8-7(6-13)2-3-9(12)10(8)11/h2-3H,4-6,12H2,1H3. The summed E-state index contributed by atoms with van der Waals surface area (Å²) in [6.07, 6.45) is 1.02. The van der Waals surface area contributed by atoms with Crippen LogP contribution in [0.2, 0.25) is 0 Å². The molecule has 0 amide bonds. The van der Waals surface area contributed by atoms with Crippen molar-refractivity contribution in [3.63, 3.8) is 0 Å². The average Bonchev–Trinajstić information content (AvgIpc) is 2.12. The molecule has 13 heavy (non-hydrogen) atoms. The van der Waals surface area contributed by atoms with Gasteiger partial charge >= 0.3 is 0 Å². The Hall–Kier alpha value is -0.955. The van der Waals surface area contributed by atoms with Crippen molar-refractivity contribution >= 4 is 19.0 Å². The Kier molecular flexibility index (Phi) is 2.04. The number of fused-ring (bicyclic) bond motifs is 1. The van der Waals surface area contributed by atoms with Crippen LogP contribution in [0, 0.1) is 0 Å². The maximum atomic E-state index is 5.91. The molecule has 1 aliphatic heterocycles. The minimum atomic E-state index is 0.711. The van der Waals surface area contributed by atoms with Crippen molar-refractivity contribution in [3.8, 4) is 0 Å². The van der Waals surface area contributed by atoms with Gasteiger partial charge in [-0.05, 0) is 30.7 Å². The molecule has 2 radical (unpaired) electrons. The van der Waals surface area contributed by atoms with Gasteiger partial charge in [-0.2, -0.15) is 0 Å². The van der Waals surface area contributed by atoms with Gasteiger partial charge in [0, 0.05) is 18.8 Å². The van der Waals surface area contributed by atoms with E-state index in [1.807, 2.05) is 6.07 Å². The average molecular weight is 172 g/mol. The third kappa shape index (κ3) is 1.44. The Bertz CT molecular complexity index is 336. The maximum Gasteiger partial charge on any atom is 0.117 e. The van der Waals surface area contributed by atoms with Gasteiger partial charge in [0.15, 0.2) is 0 Å². The SMILES string of the molecule is [B]c1c(N)ccc2c1CCN(C)C2. The van der Waals surface area contributed by atoms with Crippen molar-refractivity contribution in [2.45, 2.75) is 13.0 Å². The highest BCUT2D eigenvalue weighted by Gasteiger charge is 2.14. The van der Waals surface area contributed by atoms with E-state index in [2.05, 4.69) is 18.0 Å². The van der Waals surface area contributed by atoms with Crippen molar-refractivity contribution in [3.05, 3.63) is 23.3 Å². The number of nitrogens with two attached hydrogens (primary N) is 1. The molecule has 0 spiro atoms. The second-order valence-corrected chi connectivity index (χ2v) is 3.69. The van der Waals surface area contributed by atoms with Gasteiger partial charge in [-0.3, -0.25) is 0 Å². The molecule has 0 unspecified atom stereocenters. The van der Waals surface area contributed by atoms with Crippen LogP contribution in [0.15, 0.2) is 12.1 Å². The molecule has 2 nitrogen and oxygen atoms in total. The molecule has 1 heterocycles. The molecule has 0 saturated carbocycles. The smallest absolute Gasteiger partial charge is 0.117 e. The molecule has 0 atom stereocenters. The van der Waals surface area contributed by atoms with E-state index in [4.69, 9.17) is 13.6 Å². The number of benzene rings is 1. The minimum absolute atomic E-state index is 0.711. The van der Waals surface area contributed by atoms with Crippen LogP contribution < -0.4 is 11.2 Å². The van der Waals surface area contributed by atoms with Gasteiger partial charge in [0.05, 0.1) is 0 Å². The zero-order valence-corrected chi connectivity index (χ0v) is 7.88. The number of nitrogen functional groups attached to an aromatic ring is 1. The van der Waals surface area contributed by atoms with Gasteiger partial charge in [0.2, 0.25) is 0 Å². The Morgan fingerprint density at radius 1 is 1.46 bits per heavy atom. The first-order chi connectivity index (χ1) is 6.18. The second-order valence-electron chi connectivity index (χ2n) is 3.69. The third-order valence-corrected chi connectivity index (χ3v) is 2.67. The Labute approximate surface area is 80.1 Å². The Morgan fingerprint density at radius 2 is 2.23 bits per heavy atom. The fourth-order valence-electron chi connectivity index (χ4n) is 1.84. The highest BCUT2D eigenvalue weighted by molar-refractivity contribution is 6.36. The quantitative estimate of drug-likeness (QED) is 0.442. The van der Waals surface area contributed by atoms with E-state index in [-0.39, 0.29) is 0 Å². The summed E-state index contributed by atoms with van der Waals surface area (Å²) in [4.78, 5) is 2.29. The third-order valence-electron chi connectivity index (χ3n) is 2.67. The number of rotatable bonds is 0. The zero-order valence-electron chi connectivity index (χ0n) is 7.88. The van der Waals surface area contributed by atoms with Crippen molar-refractivity contribution < 1.29 is 0 Å². The topological polar surface area (TPSA) is 29.3 Å². The molecule has 0 saturated heterocycles. The van der Waals surface area contributed by atoms with Crippen molar-refractivity contribution in [2.75, 3.05) is 19.3 Å². The van der Waals surface area contributed by atoms with E-state index in [1.165, 1.54) is 11.1 Å². The zero-order chi connectivity index (χ0) is 9.42. The Balaban J connectivity index is 2.47. The molecule has 3 heteroatoms. The van der Waals surface area contributed by atoms with Gasteiger partial charge < -0.3 is 10.6 Å². The summed E-state index contributed by atoms with van der Waals surface area (Å²) in [5.41, 5.74) is 9.80. The predicted octanol–water partition coefficient (Wildman–Crippen LogP) is 0.0505. The van der Waals surface area contributed by atoms with Crippen molar-refractivity contribution in [2.24, 2.45) is 0 Å². The number of anilines is 1. The van der Waals surface area contributed by atoms with E-state index < -0.39 is 0 Å². The second kappa shape index (κ2) is 3.07. The van der Waals surface area contributed by atoms with E-state index in [9.17, 15) is 0 Å². The molecule has 0 bridgehead atoms. The number of likely N-dealkylation sites (N-methyl/N-ethyl adjacent to an activating group) is 1. The molecule has 0 aliphatic carbocycles. The van der Waals surface area contributed by atoms with Gasteiger partial charge in [0.1, 0.15) is 7.85 Å². The number of nitrogens with zero attached hydrogens (tertiary/aromatic N) is 1. The first kappa shape index (κ1) is 8.63. The first-order valence-electron chi connectivity index (χ1n) is 4.52. The van der Waals surface area contributed by atoms with Crippen LogP contribution in [0.4, 0.5) is 5.69 Å². The highest BCUT2D eigenvalue weighted by atomic mass is 15.1. The first-order valence-corrected chi connectivity index (χ1v) is 4.52. The lowest BCUT2D eigenvalue weighted by molar-refractivity contribution is 0.313. The number of hydrogen-bond acceptors (Lipinski definition) is 2. The van der Waals surface area contributed by atoms with Crippen LogP contribution in [-0.2, 0) is 13.0 Å². The van der Waals surface area contributed by atoms with E-state index in [0.717, 1.165) is 25.0 Å². The lowest BCUT2D eigenvalue weighted by Gasteiger charge is -2.27. The van der Waals surface area contributed by atoms with Crippen LogP contribution in [-0.4, -0.2) is 26.3 Å². The molecule has 1 aromatic rings. The predicted molar refractivity (Wildman–Crippen MR) is 56.3 cm³/mol. The van der Waals surface area contributed by atoms with Gasteiger partial charge in [-0.1, -0.05) is 11.5 Å². The Morgan fingerprint density at radius 3 is 3.00 bits per heavy atom. The van der Waals surface area contributed by atoms with E-state index in [1.54, 1.807) is 0 Å². The summed E-state index contributed by atoms with van der Waals surface area (Å²) in [5, 5.41) is 0. The molecular formula is C10H13BN2. The molecule has 2 N–H and O–H groups in total. The van der Waals surface area contributed by atoms with Crippen LogP contribution >= 0.6 is 0 Å². The molecule has 1 aromatic carbocycles. The minimum Gasteiger partial charge on any atom is -0.399 e. The van der Waals surface area contributed by atoms with Crippen molar-refractivity contribution in [1.82, 2.24) is 4.90 Å². The molecule has 66 valence electrons. The molecule has 2 rings (SSSR count). The molecule has 1 aliphatic rings. The summed E-state index contributed by atoms with van der Waals surface area (Å²) in [6, 6.07) is 3.98. The van der Waals surface area contributed by atoms with Crippen LogP contribution in [0.1, 0.15) is 11.1 Å². The van der Waals surface area contributed by atoms with E-state index in [0.29, 0.717) is 5.69 Å². The highest BCUT2D eigenvalue weighted by Crippen LogP contribution is 2.17.